The van der Waals surface area contributed by atoms with Gasteiger partial charge in [-0.1, -0.05) is 0 Å². The zero-order chi connectivity index (χ0) is 22.1. The van der Waals surface area contributed by atoms with E-state index in [1.807, 2.05) is 0 Å². The van der Waals surface area contributed by atoms with Crippen molar-refractivity contribution in [1.29, 1.82) is 0 Å². The fraction of sp³-hybridized carbons (Fsp3) is 0.900. The van der Waals surface area contributed by atoms with Crippen LogP contribution in [0, 0.1) is 11.8 Å². The number of nitrogens with zero attached hydrogens (tertiary/aromatic N) is 3. The Kier molecular flexibility index (Phi) is 7.09. The van der Waals surface area contributed by atoms with E-state index in [1.165, 1.54) is 0 Å². The number of halogens is 1. The molecule has 0 aromatic rings. The van der Waals surface area contributed by atoms with Crippen LogP contribution >= 0.6 is 0 Å². The first-order chi connectivity index (χ1) is 14.8. The van der Waals surface area contributed by atoms with Gasteiger partial charge in [0.15, 0.2) is 0 Å². The topological polar surface area (TPSA) is 118 Å². The molecule has 0 spiro atoms. The van der Waals surface area contributed by atoms with Crippen LogP contribution in [-0.2, 0) is 9.59 Å². The first-order valence-electron chi connectivity index (χ1n) is 11.5. The van der Waals surface area contributed by atoms with Gasteiger partial charge in [0.25, 0.3) is 0 Å². The molecule has 7 atom stereocenters. The molecule has 4 heterocycles. The molecule has 4 aliphatic rings. The van der Waals surface area contributed by atoms with Crippen molar-refractivity contribution in [1.82, 2.24) is 36.2 Å². The molecule has 4 saturated heterocycles. The van der Waals surface area contributed by atoms with Crippen molar-refractivity contribution in [2.24, 2.45) is 17.6 Å². The van der Waals surface area contributed by atoms with Gasteiger partial charge in [0.1, 0.15) is 6.17 Å². The normalized spacial score (nSPS) is 39.7. The first kappa shape index (κ1) is 22.8. The Morgan fingerprint density at radius 3 is 2.77 bits per heavy atom. The van der Waals surface area contributed by atoms with Crippen LogP contribution in [0.1, 0.15) is 19.3 Å². The number of carbonyl (C=O) groups excluding carboxylic acids is 2. The lowest BCUT2D eigenvalue weighted by Crippen LogP contribution is -2.64. The van der Waals surface area contributed by atoms with Crippen molar-refractivity contribution in [3.63, 3.8) is 0 Å². The van der Waals surface area contributed by atoms with Gasteiger partial charge < -0.3 is 21.3 Å². The molecule has 7 unspecified atom stereocenters. The molecule has 2 amide bonds. The standard InChI is InChI=1S/C20H37FN8O2/c1-27(2)20(31)12-4-3-7-28(10-12)15-5-6-23-9-14(15)25-19(30)16-17(22)26-29-11-13(21)8-24-18(16)29/h12-18,23-24,26H,3-11,22H2,1-2H3,(H,25,30). The Labute approximate surface area is 183 Å². The van der Waals surface area contributed by atoms with Crippen LogP contribution in [0.5, 0.6) is 0 Å². The summed E-state index contributed by atoms with van der Waals surface area (Å²) in [4.78, 5) is 29.8. The molecule has 0 aromatic carbocycles. The third-order valence-electron chi connectivity index (χ3n) is 7.11. The van der Waals surface area contributed by atoms with Gasteiger partial charge in [-0.3, -0.25) is 19.8 Å². The monoisotopic (exact) mass is 440 g/mol. The average molecular weight is 441 g/mol. The number of amides is 2. The number of likely N-dealkylation sites (tertiary alicyclic amines) is 1. The minimum atomic E-state index is -0.985. The van der Waals surface area contributed by atoms with E-state index in [0.29, 0.717) is 6.54 Å². The van der Waals surface area contributed by atoms with Gasteiger partial charge in [-0.2, -0.15) is 0 Å². The largest absolute Gasteiger partial charge is 0.350 e. The Morgan fingerprint density at radius 2 is 2.00 bits per heavy atom. The number of nitrogens with two attached hydrogens (primary N) is 1. The van der Waals surface area contributed by atoms with E-state index in [1.54, 1.807) is 24.0 Å². The van der Waals surface area contributed by atoms with Gasteiger partial charge in [-0.05, 0) is 32.4 Å². The number of hydrogen-bond acceptors (Lipinski definition) is 8. The highest BCUT2D eigenvalue weighted by Gasteiger charge is 2.48. The molecule has 11 heteroatoms. The van der Waals surface area contributed by atoms with Crippen molar-refractivity contribution in [3.8, 4) is 0 Å². The number of rotatable bonds is 4. The molecule has 0 aromatic heterocycles. The summed E-state index contributed by atoms with van der Waals surface area (Å²) in [6, 6.07) is 0.118. The number of fused-ring (bicyclic) bond motifs is 1. The zero-order valence-corrected chi connectivity index (χ0v) is 18.5. The van der Waals surface area contributed by atoms with Crippen molar-refractivity contribution >= 4 is 11.8 Å². The van der Waals surface area contributed by atoms with Gasteiger partial charge in [0.05, 0.1) is 30.2 Å². The van der Waals surface area contributed by atoms with Crippen LogP contribution < -0.4 is 27.1 Å². The molecule has 176 valence electrons. The maximum absolute atomic E-state index is 13.7. The fourth-order valence-corrected chi connectivity index (χ4v) is 5.56. The number of piperidine rings is 2. The summed E-state index contributed by atoms with van der Waals surface area (Å²) >= 11 is 0. The molecule has 4 aliphatic heterocycles. The number of carbonyl (C=O) groups is 2. The molecule has 6 N–H and O–H groups in total. The van der Waals surface area contributed by atoms with Crippen LogP contribution in [0.3, 0.4) is 0 Å². The maximum Gasteiger partial charge on any atom is 0.229 e. The quantitative estimate of drug-likeness (QED) is 0.329. The second-order valence-electron chi connectivity index (χ2n) is 9.53. The third-order valence-corrected chi connectivity index (χ3v) is 7.11. The second-order valence-corrected chi connectivity index (χ2v) is 9.53. The predicted molar refractivity (Wildman–Crippen MR) is 114 cm³/mol. The summed E-state index contributed by atoms with van der Waals surface area (Å²) < 4.78 is 13.7. The van der Waals surface area contributed by atoms with E-state index in [0.717, 1.165) is 38.9 Å². The number of hydrazine groups is 1. The predicted octanol–water partition coefficient (Wildman–Crippen LogP) is -2.38. The Bertz CT molecular complexity index is 667. The molecule has 0 bridgehead atoms. The summed E-state index contributed by atoms with van der Waals surface area (Å²) in [6.45, 7) is 3.69. The Balaban J connectivity index is 1.41. The number of hydrogen-bond donors (Lipinski definition) is 5. The molecule has 4 fully saturated rings. The summed E-state index contributed by atoms with van der Waals surface area (Å²) in [5.74, 6) is -0.429. The maximum atomic E-state index is 13.7. The van der Waals surface area contributed by atoms with Crippen molar-refractivity contribution in [2.45, 2.75) is 49.8 Å². The SMILES string of the molecule is CN(C)C(=O)C1CCCN(C2CCNCC2NC(=O)C2C(N)NN3CC(F)CNC23)C1. The van der Waals surface area contributed by atoms with Crippen LogP contribution in [0.25, 0.3) is 0 Å². The lowest BCUT2D eigenvalue weighted by molar-refractivity contribution is -0.135. The first-order valence-corrected chi connectivity index (χ1v) is 11.5. The summed E-state index contributed by atoms with van der Waals surface area (Å²) in [6.07, 6.45) is 0.958. The summed E-state index contributed by atoms with van der Waals surface area (Å²) in [5, 5.41) is 11.4. The molecule has 0 radical (unpaired) electrons. The van der Waals surface area contributed by atoms with Crippen LogP contribution in [-0.4, -0.2) is 111 Å². The minimum Gasteiger partial charge on any atom is -0.350 e. The van der Waals surface area contributed by atoms with E-state index in [2.05, 4.69) is 26.3 Å². The summed E-state index contributed by atoms with van der Waals surface area (Å²) in [7, 11) is 3.61. The lowest BCUT2D eigenvalue weighted by Gasteiger charge is -2.44. The third kappa shape index (κ3) is 4.86. The van der Waals surface area contributed by atoms with Gasteiger partial charge in [-0.25, -0.2) is 14.8 Å². The van der Waals surface area contributed by atoms with E-state index in [4.69, 9.17) is 5.73 Å². The van der Waals surface area contributed by atoms with Crippen molar-refractivity contribution < 1.29 is 14.0 Å². The molecule has 4 rings (SSSR count). The van der Waals surface area contributed by atoms with Gasteiger partial charge >= 0.3 is 0 Å². The number of alkyl halides is 1. The molecule has 10 nitrogen and oxygen atoms in total. The van der Waals surface area contributed by atoms with Crippen LogP contribution in [0.4, 0.5) is 4.39 Å². The highest BCUT2D eigenvalue weighted by molar-refractivity contribution is 5.81. The Morgan fingerprint density at radius 1 is 1.19 bits per heavy atom. The molecular formula is C20H37FN8O2. The lowest BCUT2D eigenvalue weighted by atomic mass is 9.91. The highest BCUT2D eigenvalue weighted by atomic mass is 19.1. The highest BCUT2D eigenvalue weighted by Crippen LogP contribution is 2.25. The van der Waals surface area contributed by atoms with Gasteiger partial charge in [0.2, 0.25) is 11.8 Å². The Hall–Kier alpha value is -1.37. The molecule has 31 heavy (non-hydrogen) atoms. The van der Waals surface area contributed by atoms with Gasteiger partial charge in [-0.15, -0.1) is 0 Å². The summed E-state index contributed by atoms with van der Waals surface area (Å²) in [5.41, 5.74) is 9.24. The van der Waals surface area contributed by atoms with Crippen molar-refractivity contribution in [3.05, 3.63) is 0 Å². The van der Waals surface area contributed by atoms with E-state index < -0.39 is 18.3 Å². The molecular weight excluding hydrogens is 403 g/mol. The smallest absolute Gasteiger partial charge is 0.229 e. The van der Waals surface area contributed by atoms with Crippen molar-refractivity contribution in [2.75, 3.05) is 53.4 Å². The second kappa shape index (κ2) is 9.63. The van der Waals surface area contributed by atoms with E-state index >= 15 is 0 Å². The zero-order valence-electron chi connectivity index (χ0n) is 18.5. The van der Waals surface area contributed by atoms with Gasteiger partial charge in [0, 0.05) is 46.3 Å². The molecule has 0 aliphatic carbocycles. The van der Waals surface area contributed by atoms with E-state index in [-0.39, 0.29) is 49.1 Å². The van der Waals surface area contributed by atoms with E-state index in [9.17, 15) is 14.0 Å². The molecule has 0 saturated carbocycles. The average Bonchev–Trinajstić information content (AvgIpc) is 3.08. The fourth-order valence-electron chi connectivity index (χ4n) is 5.56. The number of nitrogens with one attached hydrogen (secondary N) is 4. The minimum absolute atomic E-state index is 0.0103. The van der Waals surface area contributed by atoms with Crippen LogP contribution in [0.15, 0.2) is 0 Å². The van der Waals surface area contributed by atoms with Crippen LogP contribution in [0.2, 0.25) is 0 Å².